The lowest BCUT2D eigenvalue weighted by Crippen LogP contribution is -2.42. The molecule has 0 bridgehead atoms. The second-order valence-corrected chi connectivity index (χ2v) is 6.20. The van der Waals surface area contributed by atoms with Gasteiger partial charge in [-0.3, -0.25) is 4.79 Å². The van der Waals surface area contributed by atoms with Crippen molar-refractivity contribution in [2.75, 3.05) is 13.1 Å². The SMILES string of the molecule is CC(C)C(NC(=O)C1CCCNC1)c1ccccc1Cl.Cl. The normalized spacial score (nSPS) is 19.7. The predicted molar refractivity (Wildman–Crippen MR) is 90.0 cm³/mol. The molecule has 0 saturated carbocycles. The average molecular weight is 331 g/mol. The molecule has 0 radical (unpaired) electrons. The van der Waals surface area contributed by atoms with Gasteiger partial charge >= 0.3 is 0 Å². The molecular formula is C16H24Cl2N2O. The van der Waals surface area contributed by atoms with Gasteiger partial charge in [0.25, 0.3) is 0 Å². The van der Waals surface area contributed by atoms with Crippen molar-refractivity contribution >= 4 is 29.9 Å². The van der Waals surface area contributed by atoms with Crippen molar-refractivity contribution in [3.8, 4) is 0 Å². The van der Waals surface area contributed by atoms with Crippen molar-refractivity contribution in [1.82, 2.24) is 10.6 Å². The minimum absolute atomic E-state index is 0. The van der Waals surface area contributed by atoms with E-state index < -0.39 is 0 Å². The molecule has 0 spiro atoms. The first kappa shape index (κ1) is 18.3. The number of nitrogens with one attached hydrogen (secondary N) is 2. The van der Waals surface area contributed by atoms with Crippen LogP contribution in [-0.4, -0.2) is 19.0 Å². The molecule has 5 heteroatoms. The molecule has 1 fully saturated rings. The van der Waals surface area contributed by atoms with E-state index in [1.165, 1.54) is 0 Å². The Morgan fingerprint density at radius 3 is 2.67 bits per heavy atom. The summed E-state index contributed by atoms with van der Waals surface area (Å²) >= 11 is 6.27. The lowest BCUT2D eigenvalue weighted by molar-refractivity contribution is -0.126. The third-order valence-electron chi connectivity index (χ3n) is 3.87. The van der Waals surface area contributed by atoms with Crippen molar-refractivity contribution in [3.05, 3.63) is 34.9 Å². The molecule has 2 atom stereocenters. The summed E-state index contributed by atoms with van der Waals surface area (Å²) in [7, 11) is 0. The van der Waals surface area contributed by atoms with E-state index in [2.05, 4.69) is 24.5 Å². The molecule has 2 N–H and O–H groups in total. The van der Waals surface area contributed by atoms with Crippen LogP contribution in [0, 0.1) is 11.8 Å². The van der Waals surface area contributed by atoms with Crippen LogP contribution in [0.2, 0.25) is 5.02 Å². The number of amides is 1. The van der Waals surface area contributed by atoms with Gasteiger partial charge in [-0.1, -0.05) is 43.6 Å². The number of halogens is 2. The summed E-state index contributed by atoms with van der Waals surface area (Å²) in [5.74, 6) is 0.513. The molecule has 3 nitrogen and oxygen atoms in total. The minimum Gasteiger partial charge on any atom is -0.349 e. The summed E-state index contributed by atoms with van der Waals surface area (Å²) in [5.41, 5.74) is 1.00. The standard InChI is InChI=1S/C16H23ClN2O.ClH/c1-11(2)15(13-7-3-4-8-14(13)17)19-16(20)12-6-5-9-18-10-12;/h3-4,7-8,11-12,15,18H,5-6,9-10H2,1-2H3,(H,19,20);1H. The highest BCUT2D eigenvalue weighted by molar-refractivity contribution is 6.31. The summed E-state index contributed by atoms with van der Waals surface area (Å²) < 4.78 is 0. The summed E-state index contributed by atoms with van der Waals surface area (Å²) in [5, 5.41) is 7.18. The first-order chi connectivity index (χ1) is 9.59. The molecule has 1 amide bonds. The first-order valence-electron chi connectivity index (χ1n) is 7.35. The van der Waals surface area contributed by atoms with Crippen LogP contribution in [0.25, 0.3) is 0 Å². The van der Waals surface area contributed by atoms with Gasteiger partial charge in [0.15, 0.2) is 0 Å². The second-order valence-electron chi connectivity index (χ2n) is 5.80. The fraction of sp³-hybridized carbons (Fsp3) is 0.562. The van der Waals surface area contributed by atoms with Crippen LogP contribution < -0.4 is 10.6 Å². The van der Waals surface area contributed by atoms with Gasteiger partial charge in [-0.2, -0.15) is 0 Å². The minimum atomic E-state index is -0.0295. The van der Waals surface area contributed by atoms with E-state index in [1.807, 2.05) is 24.3 Å². The highest BCUT2D eigenvalue weighted by atomic mass is 35.5. The average Bonchev–Trinajstić information content (AvgIpc) is 2.46. The van der Waals surface area contributed by atoms with Gasteiger partial charge < -0.3 is 10.6 Å². The van der Waals surface area contributed by atoms with Crippen molar-refractivity contribution in [1.29, 1.82) is 0 Å². The maximum Gasteiger partial charge on any atom is 0.224 e. The van der Waals surface area contributed by atoms with E-state index in [0.29, 0.717) is 10.9 Å². The van der Waals surface area contributed by atoms with Crippen LogP contribution in [0.1, 0.15) is 38.3 Å². The van der Waals surface area contributed by atoms with E-state index in [9.17, 15) is 4.79 Å². The Bertz CT molecular complexity index is 459. The van der Waals surface area contributed by atoms with Gasteiger partial charge in [0.1, 0.15) is 0 Å². The Kier molecular flexibility index (Phi) is 7.50. The van der Waals surface area contributed by atoms with Crippen molar-refractivity contribution in [3.63, 3.8) is 0 Å². The number of benzene rings is 1. The largest absolute Gasteiger partial charge is 0.349 e. The van der Waals surface area contributed by atoms with E-state index in [4.69, 9.17) is 11.6 Å². The van der Waals surface area contributed by atoms with Crippen molar-refractivity contribution in [2.45, 2.75) is 32.7 Å². The molecule has 2 unspecified atom stereocenters. The Labute approximate surface area is 138 Å². The smallest absolute Gasteiger partial charge is 0.224 e. The van der Waals surface area contributed by atoms with Crippen LogP contribution in [-0.2, 0) is 4.79 Å². The van der Waals surface area contributed by atoms with Crippen molar-refractivity contribution < 1.29 is 4.79 Å². The van der Waals surface area contributed by atoms with Crippen LogP contribution in [0.15, 0.2) is 24.3 Å². The van der Waals surface area contributed by atoms with Crippen LogP contribution in [0.4, 0.5) is 0 Å². The lowest BCUT2D eigenvalue weighted by Gasteiger charge is -2.28. The summed E-state index contributed by atoms with van der Waals surface area (Å²) in [6.07, 6.45) is 2.03. The van der Waals surface area contributed by atoms with E-state index >= 15 is 0 Å². The zero-order chi connectivity index (χ0) is 14.5. The van der Waals surface area contributed by atoms with Crippen LogP contribution in [0.3, 0.4) is 0 Å². The number of carbonyl (C=O) groups is 1. The highest BCUT2D eigenvalue weighted by Crippen LogP contribution is 2.28. The lowest BCUT2D eigenvalue weighted by atomic mass is 9.93. The molecule has 0 aliphatic carbocycles. The topological polar surface area (TPSA) is 41.1 Å². The molecule has 1 heterocycles. The van der Waals surface area contributed by atoms with Gasteiger partial charge in [-0.15, -0.1) is 12.4 Å². The maximum absolute atomic E-state index is 12.4. The Morgan fingerprint density at radius 2 is 2.10 bits per heavy atom. The third kappa shape index (κ3) is 4.87. The highest BCUT2D eigenvalue weighted by Gasteiger charge is 2.26. The summed E-state index contributed by atoms with van der Waals surface area (Å²) in [6.45, 7) is 6.00. The molecule has 1 aromatic rings. The van der Waals surface area contributed by atoms with E-state index in [0.717, 1.165) is 31.5 Å². The van der Waals surface area contributed by atoms with Gasteiger partial charge in [0.05, 0.1) is 12.0 Å². The van der Waals surface area contributed by atoms with Crippen LogP contribution in [0.5, 0.6) is 0 Å². The molecule has 1 aliphatic heterocycles. The van der Waals surface area contributed by atoms with E-state index in [-0.39, 0.29) is 30.3 Å². The zero-order valence-corrected chi connectivity index (χ0v) is 14.1. The molecule has 1 aromatic carbocycles. The monoisotopic (exact) mass is 330 g/mol. The number of hydrogen-bond acceptors (Lipinski definition) is 2. The number of piperidine rings is 1. The summed E-state index contributed by atoms with van der Waals surface area (Å²) in [6, 6.07) is 7.71. The van der Waals surface area contributed by atoms with E-state index in [1.54, 1.807) is 0 Å². The molecule has 0 aromatic heterocycles. The number of carbonyl (C=O) groups excluding carboxylic acids is 1. The fourth-order valence-electron chi connectivity index (χ4n) is 2.68. The van der Waals surface area contributed by atoms with Gasteiger partial charge in [0, 0.05) is 11.6 Å². The predicted octanol–water partition coefficient (Wildman–Crippen LogP) is 3.57. The molecule has 2 rings (SSSR count). The fourth-order valence-corrected chi connectivity index (χ4v) is 2.93. The number of rotatable bonds is 4. The third-order valence-corrected chi connectivity index (χ3v) is 4.22. The van der Waals surface area contributed by atoms with Gasteiger partial charge in [-0.25, -0.2) is 0 Å². The quantitative estimate of drug-likeness (QED) is 0.885. The Balaban J connectivity index is 0.00000220. The molecule has 21 heavy (non-hydrogen) atoms. The Hall–Kier alpha value is -0.770. The maximum atomic E-state index is 12.4. The Morgan fingerprint density at radius 1 is 1.38 bits per heavy atom. The second kappa shape index (κ2) is 8.62. The van der Waals surface area contributed by atoms with Crippen molar-refractivity contribution in [2.24, 2.45) is 11.8 Å². The van der Waals surface area contributed by atoms with Gasteiger partial charge in [0.2, 0.25) is 5.91 Å². The molecular weight excluding hydrogens is 307 g/mol. The molecule has 1 saturated heterocycles. The molecule has 1 aliphatic rings. The number of hydrogen-bond donors (Lipinski definition) is 2. The van der Waals surface area contributed by atoms with Gasteiger partial charge in [-0.05, 0) is 36.9 Å². The first-order valence-corrected chi connectivity index (χ1v) is 7.73. The molecule has 118 valence electrons. The summed E-state index contributed by atoms with van der Waals surface area (Å²) in [4.78, 5) is 12.4. The van der Waals surface area contributed by atoms with Crippen LogP contribution >= 0.6 is 24.0 Å². The zero-order valence-electron chi connectivity index (χ0n) is 12.6.